The number of rotatable bonds is 18. The molecule has 4 aromatic rings. The zero-order chi connectivity index (χ0) is 37.0. The highest BCUT2D eigenvalue weighted by Crippen LogP contribution is 2.25. The predicted octanol–water partition coefficient (Wildman–Crippen LogP) is 7.03. The summed E-state index contributed by atoms with van der Waals surface area (Å²) >= 11 is 0. The Morgan fingerprint density at radius 1 is 0.569 bits per heavy atom. The fourth-order valence-electron chi connectivity index (χ4n) is 5.03. The van der Waals surface area contributed by atoms with E-state index in [4.69, 9.17) is 0 Å². The normalized spacial score (nSPS) is 11.4. The van der Waals surface area contributed by atoms with Gasteiger partial charge in [-0.3, -0.25) is 19.0 Å². The van der Waals surface area contributed by atoms with Crippen molar-refractivity contribution >= 4 is 60.6 Å². The molecule has 2 amide bonds. The number of carboxylic acid groups (broad SMARTS) is 1. The van der Waals surface area contributed by atoms with Gasteiger partial charge in [-0.15, -0.1) is 0 Å². The van der Waals surface area contributed by atoms with Gasteiger partial charge in [0.2, 0.25) is 11.8 Å². The molecule has 12 nitrogen and oxygen atoms in total. The molecule has 0 aliphatic carbocycles. The second kappa shape index (κ2) is 17.6. The van der Waals surface area contributed by atoms with Gasteiger partial charge in [0.25, 0.3) is 20.0 Å². The van der Waals surface area contributed by atoms with Crippen LogP contribution in [-0.2, 0) is 42.5 Å². The van der Waals surface area contributed by atoms with Crippen LogP contribution < -0.4 is 20.1 Å². The third-order valence-electron chi connectivity index (χ3n) is 7.88. The first-order valence-corrected chi connectivity index (χ1v) is 19.6. The fourth-order valence-corrected chi connectivity index (χ4v) is 7.17. The van der Waals surface area contributed by atoms with E-state index in [0.29, 0.717) is 11.4 Å². The molecule has 4 aromatic carbocycles. The topological polar surface area (TPSA) is 188 Å². The minimum atomic E-state index is -4.09. The first kappa shape index (κ1) is 38.6. The second-order valence-corrected chi connectivity index (χ2v) is 15.3. The zero-order valence-electron chi connectivity index (χ0n) is 28.4. The molecule has 0 aliphatic rings. The standard InChI is InChI=1S/C37H42N4O8S2/c1-3-5-7-26-9-18-31(19-10-26)50(46,47)40-29-15-13-28(14-16-29)38-35(42)23-24-36(43)39-30-17-22-34(33(25-30)37(44)45)41-51(48,49)32-20-11-27(12-21-32)8-6-4-2/h9-22,25,40-41H,3-8,23-24H2,1-2H3,(H,38,42)(H,39,43)(H,44,45). The Labute approximate surface area is 298 Å². The van der Waals surface area contributed by atoms with Crippen molar-refractivity contribution in [2.45, 2.75) is 75.0 Å². The van der Waals surface area contributed by atoms with Crippen molar-refractivity contribution in [3.8, 4) is 0 Å². The average Bonchev–Trinajstić information content (AvgIpc) is 3.10. The fraction of sp³-hybridized carbons (Fsp3) is 0.270. The van der Waals surface area contributed by atoms with E-state index in [2.05, 4.69) is 33.9 Å². The summed E-state index contributed by atoms with van der Waals surface area (Å²) in [5, 5.41) is 14.9. The molecule has 270 valence electrons. The summed E-state index contributed by atoms with van der Waals surface area (Å²) in [4.78, 5) is 37.2. The van der Waals surface area contributed by atoms with Gasteiger partial charge in [-0.25, -0.2) is 21.6 Å². The van der Waals surface area contributed by atoms with Crippen LogP contribution in [-0.4, -0.2) is 39.7 Å². The molecule has 0 unspecified atom stereocenters. The number of sulfonamides is 2. The van der Waals surface area contributed by atoms with Crippen LogP contribution in [0.5, 0.6) is 0 Å². The highest BCUT2D eigenvalue weighted by Gasteiger charge is 2.20. The lowest BCUT2D eigenvalue weighted by Crippen LogP contribution is -2.18. The van der Waals surface area contributed by atoms with Gasteiger partial charge in [-0.1, -0.05) is 51.0 Å². The first-order chi connectivity index (χ1) is 24.3. The minimum absolute atomic E-state index is 0.0191. The second-order valence-electron chi connectivity index (χ2n) is 11.9. The van der Waals surface area contributed by atoms with Crippen LogP contribution in [0.2, 0.25) is 0 Å². The summed E-state index contributed by atoms with van der Waals surface area (Å²) in [6.07, 6.45) is 5.33. The van der Waals surface area contributed by atoms with Crippen LogP contribution in [0, 0.1) is 0 Å². The van der Waals surface area contributed by atoms with Crippen molar-refractivity contribution in [3.63, 3.8) is 0 Å². The lowest BCUT2D eigenvalue weighted by Gasteiger charge is -2.13. The molecule has 0 fully saturated rings. The summed E-state index contributed by atoms with van der Waals surface area (Å²) in [5.74, 6) is -2.45. The van der Waals surface area contributed by atoms with Crippen molar-refractivity contribution in [1.29, 1.82) is 0 Å². The molecular weight excluding hydrogens is 693 g/mol. The smallest absolute Gasteiger partial charge is 0.337 e. The Morgan fingerprint density at radius 2 is 1.00 bits per heavy atom. The van der Waals surface area contributed by atoms with E-state index in [1.807, 2.05) is 0 Å². The molecule has 0 radical (unpaired) electrons. The number of amides is 2. The molecule has 51 heavy (non-hydrogen) atoms. The molecule has 4 rings (SSSR count). The molecule has 0 aliphatic heterocycles. The van der Waals surface area contributed by atoms with Gasteiger partial charge in [-0.2, -0.15) is 0 Å². The number of nitrogens with one attached hydrogen (secondary N) is 4. The number of carboxylic acids is 1. The van der Waals surface area contributed by atoms with E-state index in [9.17, 15) is 36.3 Å². The van der Waals surface area contributed by atoms with Crippen LogP contribution in [0.15, 0.2) is 101 Å². The molecule has 5 N–H and O–H groups in total. The number of benzene rings is 4. The Morgan fingerprint density at radius 3 is 1.47 bits per heavy atom. The van der Waals surface area contributed by atoms with Gasteiger partial charge in [0, 0.05) is 29.9 Å². The number of carbonyl (C=O) groups is 3. The van der Waals surface area contributed by atoms with Crippen molar-refractivity contribution in [3.05, 3.63) is 108 Å². The van der Waals surface area contributed by atoms with Crippen molar-refractivity contribution in [2.24, 2.45) is 0 Å². The number of hydrogen-bond donors (Lipinski definition) is 5. The largest absolute Gasteiger partial charge is 0.478 e. The maximum Gasteiger partial charge on any atom is 0.337 e. The lowest BCUT2D eigenvalue weighted by molar-refractivity contribution is -0.121. The maximum atomic E-state index is 13.0. The van der Waals surface area contributed by atoms with Crippen LogP contribution in [0.3, 0.4) is 0 Å². The number of hydrogen-bond acceptors (Lipinski definition) is 7. The summed E-state index contributed by atoms with van der Waals surface area (Å²) < 4.78 is 56.4. The summed E-state index contributed by atoms with van der Waals surface area (Å²) in [6, 6.07) is 22.9. The van der Waals surface area contributed by atoms with E-state index in [1.54, 1.807) is 36.4 Å². The molecule has 0 heterocycles. The third kappa shape index (κ3) is 11.4. The molecule has 0 atom stereocenters. The highest BCUT2D eigenvalue weighted by molar-refractivity contribution is 7.93. The lowest BCUT2D eigenvalue weighted by atomic mass is 10.1. The van der Waals surface area contributed by atoms with Gasteiger partial charge >= 0.3 is 5.97 Å². The van der Waals surface area contributed by atoms with E-state index in [1.165, 1.54) is 48.5 Å². The van der Waals surface area contributed by atoms with Crippen LogP contribution in [0.25, 0.3) is 0 Å². The van der Waals surface area contributed by atoms with Gasteiger partial charge in [0.05, 0.1) is 21.0 Å². The molecular formula is C37H42N4O8S2. The van der Waals surface area contributed by atoms with Crippen LogP contribution in [0.4, 0.5) is 22.7 Å². The van der Waals surface area contributed by atoms with Crippen LogP contribution >= 0.6 is 0 Å². The minimum Gasteiger partial charge on any atom is -0.478 e. The van der Waals surface area contributed by atoms with Crippen molar-refractivity contribution in [1.82, 2.24) is 0 Å². The van der Waals surface area contributed by atoms with E-state index < -0.39 is 37.8 Å². The van der Waals surface area contributed by atoms with Gasteiger partial charge in [0.15, 0.2) is 0 Å². The first-order valence-electron chi connectivity index (χ1n) is 16.6. The number of anilines is 4. The quantitative estimate of drug-likeness (QED) is 0.0721. The number of aryl methyl sites for hydroxylation is 2. The molecule has 0 bridgehead atoms. The monoisotopic (exact) mass is 734 g/mol. The molecule has 0 aromatic heterocycles. The Bertz CT molecular complexity index is 2050. The van der Waals surface area contributed by atoms with Crippen LogP contribution in [0.1, 0.15) is 73.9 Å². The van der Waals surface area contributed by atoms with Gasteiger partial charge in [0.1, 0.15) is 0 Å². The Kier molecular flexibility index (Phi) is 13.3. The SMILES string of the molecule is CCCCc1ccc(S(=O)(=O)Nc2ccc(NC(=O)CCC(=O)Nc3ccc(NS(=O)(=O)c4ccc(CCCC)cc4)c(C(=O)O)c3)cc2)cc1. The summed E-state index contributed by atoms with van der Waals surface area (Å²) in [5.41, 5.74) is 2.31. The maximum absolute atomic E-state index is 13.0. The molecule has 0 spiro atoms. The highest BCUT2D eigenvalue weighted by atomic mass is 32.2. The van der Waals surface area contributed by atoms with Gasteiger partial charge < -0.3 is 15.7 Å². The van der Waals surface area contributed by atoms with E-state index in [-0.39, 0.29) is 39.6 Å². The van der Waals surface area contributed by atoms with Gasteiger partial charge in [-0.05, 0) is 104 Å². The number of carbonyl (C=O) groups excluding carboxylic acids is 2. The Balaban J connectivity index is 1.28. The Hall–Kier alpha value is -5.21. The average molecular weight is 735 g/mol. The molecule has 14 heteroatoms. The summed E-state index contributed by atoms with van der Waals surface area (Å²) in [6.45, 7) is 4.16. The van der Waals surface area contributed by atoms with Crippen molar-refractivity contribution < 1.29 is 36.3 Å². The van der Waals surface area contributed by atoms with Crippen molar-refractivity contribution in [2.75, 3.05) is 20.1 Å². The number of aromatic carboxylic acids is 1. The number of unbranched alkanes of at least 4 members (excludes halogenated alkanes) is 2. The summed E-state index contributed by atoms with van der Waals surface area (Å²) in [7, 11) is -7.90. The predicted molar refractivity (Wildman–Crippen MR) is 198 cm³/mol. The van der Waals surface area contributed by atoms with E-state index in [0.717, 1.165) is 55.7 Å². The third-order valence-corrected chi connectivity index (χ3v) is 10.7. The molecule has 0 saturated heterocycles. The van der Waals surface area contributed by atoms with E-state index >= 15 is 0 Å². The molecule has 0 saturated carbocycles. The zero-order valence-corrected chi connectivity index (χ0v) is 30.1.